The number of aromatic nitrogens is 4. The van der Waals surface area contributed by atoms with Crippen LogP contribution in [0.2, 0.25) is 0 Å². The van der Waals surface area contributed by atoms with Gasteiger partial charge in [-0.1, -0.05) is 37.3 Å². The van der Waals surface area contributed by atoms with Gasteiger partial charge < -0.3 is 10.5 Å². The van der Waals surface area contributed by atoms with Crippen LogP contribution in [0.5, 0.6) is 6.01 Å². The number of rotatable bonds is 3. The Morgan fingerprint density at radius 3 is 2.60 bits per heavy atom. The van der Waals surface area contributed by atoms with E-state index in [2.05, 4.69) is 22.0 Å². The van der Waals surface area contributed by atoms with Crippen molar-refractivity contribution in [2.75, 3.05) is 12.8 Å². The van der Waals surface area contributed by atoms with Crippen molar-refractivity contribution in [3.05, 3.63) is 35.9 Å². The van der Waals surface area contributed by atoms with Crippen molar-refractivity contribution in [2.24, 2.45) is 0 Å². The summed E-state index contributed by atoms with van der Waals surface area (Å²) in [7, 11) is 1.52. The second kappa shape index (κ2) is 4.80. The summed E-state index contributed by atoms with van der Waals surface area (Å²) in [4.78, 5) is 8.41. The first-order valence-corrected chi connectivity index (χ1v) is 6.39. The average molecular weight is 269 g/mol. The van der Waals surface area contributed by atoms with E-state index in [-0.39, 0.29) is 12.0 Å². The van der Waals surface area contributed by atoms with E-state index in [4.69, 9.17) is 10.5 Å². The fourth-order valence-corrected chi connectivity index (χ4v) is 2.22. The Bertz CT molecular complexity index is 751. The summed E-state index contributed by atoms with van der Waals surface area (Å²) >= 11 is 0. The lowest BCUT2D eigenvalue weighted by atomic mass is 10.1. The third-order valence-electron chi connectivity index (χ3n) is 3.17. The highest BCUT2D eigenvalue weighted by molar-refractivity contribution is 5.71. The van der Waals surface area contributed by atoms with Crippen molar-refractivity contribution in [2.45, 2.75) is 13.3 Å². The molecule has 3 rings (SSSR count). The van der Waals surface area contributed by atoms with Crippen molar-refractivity contribution in [3.8, 4) is 17.3 Å². The van der Waals surface area contributed by atoms with Gasteiger partial charge in [-0.25, -0.2) is 0 Å². The molecule has 6 heteroatoms. The maximum Gasteiger partial charge on any atom is 0.321 e. The molecule has 1 aromatic carbocycles. The highest BCUT2D eigenvalue weighted by Crippen LogP contribution is 2.27. The third kappa shape index (κ3) is 1.85. The van der Waals surface area contributed by atoms with Crippen molar-refractivity contribution in [1.82, 2.24) is 19.6 Å². The number of nitrogen functional groups attached to an aromatic ring is 1. The minimum Gasteiger partial charge on any atom is -0.467 e. The number of anilines is 1. The van der Waals surface area contributed by atoms with Crippen LogP contribution in [0.4, 0.5) is 5.95 Å². The average Bonchev–Trinajstić information content (AvgIpc) is 2.87. The number of aryl methyl sites for hydroxylation is 1. The maximum absolute atomic E-state index is 5.92. The maximum atomic E-state index is 5.92. The summed E-state index contributed by atoms with van der Waals surface area (Å²) in [5, 5.41) is 4.54. The molecule has 2 heterocycles. The number of ether oxygens (including phenoxy) is 1. The third-order valence-corrected chi connectivity index (χ3v) is 3.17. The number of nitrogens with two attached hydrogens (primary N) is 1. The lowest BCUT2D eigenvalue weighted by Gasteiger charge is -2.01. The first-order chi connectivity index (χ1) is 9.74. The van der Waals surface area contributed by atoms with Gasteiger partial charge in [0.1, 0.15) is 0 Å². The molecule has 20 heavy (non-hydrogen) atoms. The van der Waals surface area contributed by atoms with Gasteiger partial charge in [-0.3, -0.25) is 0 Å². The van der Waals surface area contributed by atoms with Crippen LogP contribution >= 0.6 is 0 Å². The van der Waals surface area contributed by atoms with Crippen LogP contribution in [-0.4, -0.2) is 26.7 Å². The van der Waals surface area contributed by atoms with E-state index in [0.717, 1.165) is 23.2 Å². The van der Waals surface area contributed by atoms with Crippen LogP contribution in [0, 0.1) is 0 Å². The number of benzene rings is 1. The van der Waals surface area contributed by atoms with Gasteiger partial charge in [-0.15, -0.1) is 0 Å². The standard InChI is InChI=1S/C14H15N5O/c1-3-10-11(9-7-5-4-6-8-9)18-19-12(10)16-14(20-2)17-13(19)15/h4-8H,3H2,1-2H3,(H2,15,16,17). The van der Waals surface area contributed by atoms with Gasteiger partial charge in [0, 0.05) is 11.1 Å². The van der Waals surface area contributed by atoms with Crippen LogP contribution in [-0.2, 0) is 6.42 Å². The van der Waals surface area contributed by atoms with Gasteiger partial charge >= 0.3 is 6.01 Å². The molecule has 102 valence electrons. The molecule has 2 aromatic heterocycles. The zero-order valence-electron chi connectivity index (χ0n) is 11.4. The summed E-state index contributed by atoms with van der Waals surface area (Å²) in [5.74, 6) is 0.267. The first-order valence-electron chi connectivity index (χ1n) is 6.39. The van der Waals surface area contributed by atoms with E-state index in [9.17, 15) is 0 Å². The van der Waals surface area contributed by atoms with E-state index in [0.29, 0.717) is 5.65 Å². The van der Waals surface area contributed by atoms with Crippen LogP contribution in [0.15, 0.2) is 30.3 Å². The molecular weight excluding hydrogens is 254 g/mol. The first kappa shape index (κ1) is 12.4. The van der Waals surface area contributed by atoms with Gasteiger partial charge in [-0.05, 0) is 6.42 Å². The molecule has 6 nitrogen and oxygen atoms in total. The topological polar surface area (TPSA) is 78.3 Å². The van der Waals surface area contributed by atoms with Gasteiger partial charge in [0.2, 0.25) is 5.95 Å². The molecule has 2 N–H and O–H groups in total. The van der Waals surface area contributed by atoms with E-state index >= 15 is 0 Å². The zero-order chi connectivity index (χ0) is 14.1. The number of methoxy groups -OCH3 is 1. The van der Waals surface area contributed by atoms with Crippen LogP contribution in [0.1, 0.15) is 12.5 Å². The Labute approximate surface area is 116 Å². The predicted molar refractivity (Wildman–Crippen MR) is 76.6 cm³/mol. The molecule has 0 unspecified atom stereocenters. The molecular formula is C14H15N5O. The van der Waals surface area contributed by atoms with Crippen molar-refractivity contribution in [1.29, 1.82) is 0 Å². The Morgan fingerprint density at radius 2 is 1.95 bits per heavy atom. The Hall–Kier alpha value is -2.63. The monoisotopic (exact) mass is 269 g/mol. The molecule has 0 aliphatic carbocycles. The second-order valence-electron chi connectivity index (χ2n) is 4.35. The van der Waals surface area contributed by atoms with E-state index in [1.165, 1.54) is 7.11 Å². The Morgan fingerprint density at radius 1 is 1.20 bits per heavy atom. The Kier molecular flexibility index (Phi) is 2.98. The predicted octanol–water partition coefficient (Wildman–Crippen LogP) is 1.94. The lowest BCUT2D eigenvalue weighted by Crippen LogP contribution is -2.05. The molecule has 0 amide bonds. The summed E-state index contributed by atoms with van der Waals surface area (Å²) in [5.41, 5.74) is 9.55. The minimum absolute atomic E-state index is 0.254. The zero-order valence-corrected chi connectivity index (χ0v) is 11.4. The molecule has 0 saturated heterocycles. The fourth-order valence-electron chi connectivity index (χ4n) is 2.22. The lowest BCUT2D eigenvalue weighted by molar-refractivity contribution is 0.380. The molecule has 0 radical (unpaired) electrons. The number of nitrogens with zero attached hydrogens (tertiary/aromatic N) is 4. The van der Waals surface area contributed by atoms with E-state index in [1.807, 2.05) is 30.3 Å². The fraction of sp³-hybridized carbons (Fsp3) is 0.214. The molecule has 0 bridgehead atoms. The van der Waals surface area contributed by atoms with Crippen molar-refractivity contribution < 1.29 is 4.74 Å². The highest BCUT2D eigenvalue weighted by atomic mass is 16.5. The number of hydrogen-bond acceptors (Lipinski definition) is 5. The summed E-state index contributed by atoms with van der Waals surface area (Å²) < 4.78 is 6.63. The SMILES string of the molecule is CCc1c(-c2ccccc2)nn2c(N)nc(OC)nc12. The number of fused-ring (bicyclic) bond motifs is 1. The highest BCUT2D eigenvalue weighted by Gasteiger charge is 2.17. The molecule has 0 fully saturated rings. The molecule has 3 aromatic rings. The normalized spacial score (nSPS) is 10.9. The van der Waals surface area contributed by atoms with Crippen LogP contribution in [0.25, 0.3) is 16.9 Å². The molecule has 0 atom stereocenters. The Balaban J connectivity index is 2.32. The van der Waals surface area contributed by atoms with Gasteiger partial charge in [0.15, 0.2) is 5.65 Å². The van der Waals surface area contributed by atoms with Gasteiger partial charge in [0.25, 0.3) is 0 Å². The minimum atomic E-state index is 0.254. The van der Waals surface area contributed by atoms with Crippen molar-refractivity contribution >= 4 is 11.6 Å². The van der Waals surface area contributed by atoms with E-state index in [1.54, 1.807) is 4.52 Å². The van der Waals surface area contributed by atoms with E-state index < -0.39 is 0 Å². The quantitative estimate of drug-likeness (QED) is 0.786. The van der Waals surface area contributed by atoms with Crippen molar-refractivity contribution in [3.63, 3.8) is 0 Å². The summed E-state index contributed by atoms with van der Waals surface area (Å²) in [6.45, 7) is 2.06. The number of hydrogen-bond donors (Lipinski definition) is 1. The molecule has 0 aliphatic heterocycles. The second-order valence-corrected chi connectivity index (χ2v) is 4.35. The van der Waals surface area contributed by atoms with Gasteiger partial charge in [-0.2, -0.15) is 19.6 Å². The van der Waals surface area contributed by atoms with Crippen LogP contribution < -0.4 is 10.5 Å². The van der Waals surface area contributed by atoms with Gasteiger partial charge in [0.05, 0.1) is 12.8 Å². The summed E-state index contributed by atoms with van der Waals surface area (Å²) in [6, 6.07) is 10.2. The molecule has 0 aliphatic rings. The van der Waals surface area contributed by atoms with Crippen LogP contribution in [0.3, 0.4) is 0 Å². The molecule has 0 spiro atoms. The smallest absolute Gasteiger partial charge is 0.321 e. The summed E-state index contributed by atoms with van der Waals surface area (Å²) in [6.07, 6.45) is 0.799. The molecule has 0 saturated carbocycles. The largest absolute Gasteiger partial charge is 0.467 e.